The molecular weight excluding hydrogens is 1290 g/mol. The van der Waals surface area contributed by atoms with Gasteiger partial charge in [0.1, 0.15) is 19.0 Å². The van der Waals surface area contributed by atoms with Crippen LogP contribution >= 0.6 is 11.3 Å². The number of benzene rings is 4. The van der Waals surface area contributed by atoms with Crippen LogP contribution in [-0.2, 0) is 60.7 Å². The van der Waals surface area contributed by atoms with Gasteiger partial charge in [-0.2, -0.15) is 0 Å². The van der Waals surface area contributed by atoms with Crippen molar-refractivity contribution in [1.29, 1.82) is 0 Å². The molecule has 0 spiro atoms. The number of thiazole rings is 1. The molecule has 22 heteroatoms. The molecule has 2 aliphatic rings. The highest BCUT2D eigenvalue weighted by molar-refractivity contribution is 7.09. The zero-order valence-electron chi connectivity index (χ0n) is 60.6. The van der Waals surface area contributed by atoms with Crippen LogP contribution in [0.25, 0.3) is 11.1 Å². The number of primary amides is 1. The standard InChI is InChI=1S/C78H106N8O13S/c1-14-50(8)71(67(96-12)44-68(90)86-38-23-31-63(86)72(97-13)51(9)64(87)42-55(74-80-37-39-100-74)40-52-24-16-15-17-25-52)84(10)75(92)61(47(2)3)43-66(89)70(49(6)7)85(11)78(95)99-45-53-32-34-56(35-33-53)82-73(91)54(26-22-36-81-76(79)93)41-65(88)69(48(4)5)83-77(94)98-46-62-59-29-20-18-27-57(59)58-28-19-21-30-60(58)62/h15-21,24-25,27-30,32-35,37,39,47-51,54-55,61-63,67,69-72H,14,22-23,26,31,36,38,40-46H2,1-13H3,(H,82,91)(H,83,94)(H3,79,81,93)/t50-,51-,54+,55+,61-,63-,67+,69-,70-,71-,72+/m0/s1. The molecule has 7 rings (SSSR count). The number of likely N-dealkylation sites (N-methyl/N-ethyl adjacent to an activating group) is 2. The molecular formula is C78H106N8O13S. The number of ketones is 3. The van der Waals surface area contributed by atoms with Gasteiger partial charge in [-0.25, -0.2) is 19.4 Å². The lowest BCUT2D eigenvalue weighted by Crippen LogP contribution is -2.54. The van der Waals surface area contributed by atoms with E-state index in [9.17, 15) is 43.2 Å². The molecule has 542 valence electrons. The average molecular weight is 1400 g/mol. The molecule has 0 saturated carbocycles. The maximum absolute atomic E-state index is 15.0. The molecule has 11 atom stereocenters. The van der Waals surface area contributed by atoms with Crippen molar-refractivity contribution in [2.45, 2.75) is 181 Å². The monoisotopic (exact) mass is 1390 g/mol. The highest BCUT2D eigenvalue weighted by Gasteiger charge is 2.44. The highest BCUT2D eigenvalue weighted by Crippen LogP contribution is 2.45. The minimum absolute atomic E-state index is 0.0332. The fraction of sp³-hybridized carbons (Fsp3) is 0.538. The fourth-order valence-electron chi connectivity index (χ4n) is 14.5. The molecule has 4 aromatic carbocycles. The zero-order chi connectivity index (χ0) is 72.9. The Morgan fingerprint density at radius 2 is 1.36 bits per heavy atom. The van der Waals surface area contributed by atoms with Gasteiger partial charge < -0.3 is 55.3 Å². The highest BCUT2D eigenvalue weighted by atomic mass is 32.1. The van der Waals surface area contributed by atoms with Crippen LogP contribution < -0.4 is 21.7 Å². The summed E-state index contributed by atoms with van der Waals surface area (Å²) in [7, 11) is 6.35. The number of nitrogens with one attached hydrogen (secondary N) is 3. The third kappa shape index (κ3) is 20.9. The van der Waals surface area contributed by atoms with Gasteiger partial charge in [0.2, 0.25) is 17.7 Å². The third-order valence-electron chi connectivity index (χ3n) is 20.2. The molecule has 1 aliphatic heterocycles. The summed E-state index contributed by atoms with van der Waals surface area (Å²) in [5, 5.41) is 11.0. The van der Waals surface area contributed by atoms with Crippen molar-refractivity contribution in [2.75, 3.05) is 53.3 Å². The van der Waals surface area contributed by atoms with Gasteiger partial charge in [-0.05, 0) is 101 Å². The number of rotatable bonds is 38. The Hall–Kier alpha value is -8.34. The van der Waals surface area contributed by atoms with Crippen LogP contribution in [0.1, 0.15) is 159 Å². The van der Waals surface area contributed by atoms with Crippen molar-refractivity contribution in [3.05, 3.63) is 142 Å². The first kappa shape index (κ1) is 79.0. The van der Waals surface area contributed by atoms with E-state index < -0.39 is 72.2 Å². The van der Waals surface area contributed by atoms with Gasteiger partial charge in [0, 0.05) is 108 Å². The summed E-state index contributed by atoms with van der Waals surface area (Å²) in [4.78, 5) is 135. The normalized spacial score (nSPS) is 16.6. The second kappa shape index (κ2) is 37.9. The van der Waals surface area contributed by atoms with E-state index in [-0.39, 0.29) is 123 Å². The maximum atomic E-state index is 15.0. The summed E-state index contributed by atoms with van der Waals surface area (Å²) in [6.45, 7) is 17.5. The first-order valence-electron chi connectivity index (χ1n) is 35.4. The minimum Gasteiger partial charge on any atom is -0.449 e. The average Bonchev–Trinajstić information content (AvgIpc) is 1.61. The van der Waals surface area contributed by atoms with Gasteiger partial charge in [0.15, 0.2) is 11.6 Å². The topological polar surface area (TPSA) is 275 Å². The van der Waals surface area contributed by atoms with Crippen LogP contribution in [0.4, 0.5) is 20.1 Å². The molecule has 0 radical (unpaired) electrons. The van der Waals surface area contributed by atoms with Crippen molar-refractivity contribution < 1.29 is 62.1 Å². The van der Waals surface area contributed by atoms with Crippen molar-refractivity contribution in [3.63, 3.8) is 0 Å². The number of alkyl carbamates (subject to hydrolysis) is 1. The molecule has 21 nitrogen and oxygen atoms in total. The molecule has 1 fully saturated rings. The number of hydrogen-bond acceptors (Lipinski definition) is 15. The van der Waals surface area contributed by atoms with Gasteiger partial charge in [-0.15, -0.1) is 11.3 Å². The summed E-state index contributed by atoms with van der Waals surface area (Å²) in [5.41, 5.74) is 11.7. The second-order valence-corrected chi connectivity index (χ2v) is 29.0. The molecule has 5 aromatic rings. The van der Waals surface area contributed by atoms with E-state index in [4.69, 9.17) is 24.7 Å². The lowest BCUT2D eigenvalue weighted by molar-refractivity contribution is -0.149. The molecule has 5 N–H and O–H groups in total. The van der Waals surface area contributed by atoms with Gasteiger partial charge in [0.05, 0.1) is 47.8 Å². The molecule has 1 aromatic heterocycles. The number of nitrogens with zero attached hydrogens (tertiary/aromatic N) is 4. The fourth-order valence-corrected chi connectivity index (χ4v) is 15.3. The Labute approximate surface area is 594 Å². The van der Waals surface area contributed by atoms with Crippen molar-refractivity contribution >= 4 is 70.3 Å². The lowest BCUT2D eigenvalue weighted by atomic mass is 9.83. The van der Waals surface area contributed by atoms with Crippen molar-refractivity contribution in [2.24, 2.45) is 47.2 Å². The minimum atomic E-state index is -0.972. The Bertz CT molecular complexity index is 3490. The number of hydrogen-bond donors (Lipinski definition) is 4. The summed E-state index contributed by atoms with van der Waals surface area (Å²) >= 11 is 1.54. The number of Topliss-reactive ketones (excluding diaryl/α,β-unsaturated/α-hetero) is 3. The Morgan fingerprint density at radius 3 is 1.94 bits per heavy atom. The summed E-state index contributed by atoms with van der Waals surface area (Å²) < 4.78 is 23.9. The number of ether oxygens (including phenoxy) is 4. The van der Waals surface area contributed by atoms with Crippen LogP contribution in [0.3, 0.4) is 0 Å². The van der Waals surface area contributed by atoms with Gasteiger partial charge in [0.25, 0.3) is 0 Å². The number of nitrogens with two attached hydrogens (primary N) is 1. The van der Waals surface area contributed by atoms with E-state index in [1.807, 2.05) is 125 Å². The molecule has 0 bridgehead atoms. The van der Waals surface area contributed by atoms with Crippen molar-refractivity contribution in [1.82, 2.24) is 30.3 Å². The predicted molar refractivity (Wildman–Crippen MR) is 387 cm³/mol. The SMILES string of the molecule is CC[C@H](C)[C@@H]([C@@H](CC(=O)N1CCC[C@H]1[C@H](OC)[C@@H](C)C(=O)C[C@@H](Cc1ccccc1)c1nccs1)OC)N(C)C(=O)[C@@H](CC(=O)[C@H](C(C)C)N(C)C(=O)OCc1ccc(NC(=O)[C@H](CCCNC(N)=O)CC(=O)[C@@H](NC(=O)OCC2c3ccccc3-c3ccccc32)C(C)C)cc1)C(C)C. The first-order chi connectivity index (χ1) is 47.8. The lowest BCUT2D eigenvalue weighted by Gasteiger charge is -2.41. The summed E-state index contributed by atoms with van der Waals surface area (Å²) in [6, 6.07) is 29.1. The number of aromatic nitrogens is 1. The largest absolute Gasteiger partial charge is 0.449 e. The molecule has 1 aliphatic carbocycles. The van der Waals surface area contributed by atoms with E-state index in [1.54, 1.807) is 70.5 Å². The Kier molecular flexibility index (Phi) is 29.9. The van der Waals surface area contributed by atoms with Gasteiger partial charge in [-0.3, -0.25) is 28.8 Å². The van der Waals surface area contributed by atoms with E-state index in [1.165, 1.54) is 23.3 Å². The van der Waals surface area contributed by atoms with Crippen molar-refractivity contribution in [3.8, 4) is 11.1 Å². The van der Waals surface area contributed by atoms with Crippen LogP contribution in [0.15, 0.2) is 115 Å². The number of carbonyl (C=O) groups excluding carboxylic acids is 9. The van der Waals surface area contributed by atoms with Crippen LogP contribution in [-0.4, -0.2) is 157 Å². The first-order valence-corrected chi connectivity index (χ1v) is 36.2. The number of urea groups is 1. The van der Waals surface area contributed by atoms with E-state index >= 15 is 0 Å². The molecule has 100 heavy (non-hydrogen) atoms. The van der Waals surface area contributed by atoms with Crippen LogP contribution in [0.2, 0.25) is 0 Å². The van der Waals surface area contributed by atoms with Gasteiger partial charge in [-0.1, -0.05) is 160 Å². The van der Waals surface area contributed by atoms with Crippen LogP contribution in [0, 0.1) is 41.4 Å². The zero-order valence-corrected chi connectivity index (χ0v) is 61.4. The predicted octanol–water partition coefficient (Wildman–Crippen LogP) is 12.4. The second-order valence-electron chi connectivity index (χ2n) is 28.1. The number of carbonyl (C=O) groups is 9. The van der Waals surface area contributed by atoms with E-state index in [0.717, 1.165) is 39.2 Å². The summed E-state index contributed by atoms with van der Waals surface area (Å²) in [5.74, 6) is -5.18. The maximum Gasteiger partial charge on any atom is 0.410 e. The molecule has 1 saturated heterocycles. The number of methoxy groups -OCH3 is 2. The Morgan fingerprint density at radius 1 is 0.710 bits per heavy atom. The third-order valence-corrected chi connectivity index (χ3v) is 21.1. The smallest absolute Gasteiger partial charge is 0.410 e. The summed E-state index contributed by atoms with van der Waals surface area (Å²) in [6.07, 6.45) is 2.06. The van der Waals surface area contributed by atoms with E-state index in [2.05, 4.69) is 33.1 Å². The number of fused-ring (bicyclic) bond motifs is 3. The Balaban J connectivity index is 0.934. The molecule has 7 amide bonds. The quantitative estimate of drug-likeness (QED) is 0.0268. The van der Waals surface area contributed by atoms with Crippen LogP contribution in [0.5, 0.6) is 0 Å². The molecule has 2 heterocycles. The van der Waals surface area contributed by atoms with E-state index in [0.29, 0.717) is 43.5 Å². The number of amides is 7. The van der Waals surface area contributed by atoms with Gasteiger partial charge >= 0.3 is 18.2 Å². The number of anilines is 1. The molecule has 0 unspecified atom stereocenters. The number of likely N-dealkylation sites (tertiary alicyclic amines) is 1.